The van der Waals surface area contributed by atoms with Crippen molar-refractivity contribution in [3.05, 3.63) is 74.9 Å². The zero-order chi connectivity index (χ0) is 23.1. The van der Waals surface area contributed by atoms with Gasteiger partial charge in [0.2, 0.25) is 5.91 Å². The van der Waals surface area contributed by atoms with Gasteiger partial charge >= 0.3 is 0 Å². The van der Waals surface area contributed by atoms with E-state index in [0.717, 1.165) is 11.1 Å². The summed E-state index contributed by atoms with van der Waals surface area (Å²) in [5.74, 6) is 0.647. The zero-order valence-electron chi connectivity index (χ0n) is 17.8. The molecule has 0 radical (unpaired) electrons. The molecule has 0 saturated carbocycles. The number of anilines is 1. The first-order valence-electron chi connectivity index (χ1n) is 9.60. The molecule has 166 valence electrons. The number of nitrogens with one attached hydrogen (secondary N) is 2. The molecule has 1 aromatic heterocycles. The Morgan fingerprint density at radius 3 is 2.50 bits per heavy atom. The van der Waals surface area contributed by atoms with Crippen LogP contribution < -0.4 is 20.2 Å². The number of hydrogen-bond donors (Lipinski definition) is 2. The lowest BCUT2D eigenvalue weighted by Gasteiger charge is -2.09. The van der Waals surface area contributed by atoms with Gasteiger partial charge in [-0.25, -0.2) is 5.43 Å². The molecule has 2 N–H and O–H groups in total. The molecule has 0 unspecified atom stereocenters. The van der Waals surface area contributed by atoms with Crippen molar-refractivity contribution in [2.45, 2.75) is 13.3 Å². The highest BCUT2D eigenvalue weighted by atomic mass is 35.5. The van der Waals surface area contributed by atoms with Gasteiger partial charge in [-0.2, -0.15) is 5.10 Å². The van der Waals surface area contributed by atoms with Gasteiger partial charge in [-0.15, -0.1) is 11.3 Å². The standard InChI is InChI=1S/C23H22ClN3O4S/c1-14(26-27-22(28)12-15-7-8-18(30-2)19(11-15)31-3)16-5-4-6-17(13-16)25-23(29)20-9-10-21(24)32-20/h4-11,13H,12H2,1-3H3,(H,25,29)(H,27,28). The predicted molar refractivity (Wildman–Crippen MR) is 127 cm³/mol. The molecule has 9 heteroatoms. The fourth-order valence-electron chi connectivity index (χ4n) is 2.88. The van der Waals surface area contributed by atoms with E-state index in [2.05, 4.69) is 15.8 Å². The van der Waals surface area contributed by atoms with Crippen LogP contribution in [-0.4, -0.2) is 31.7 Å². The monoisotopic (exact) mass is 471 g/mol. The molecule has 0 aliphatic rings. The molecule has 2 aromatic carbocycles. The highest BCUT2D eigenvalue weighted by Crippen LogP contribution is 2.27. The Morgan fingerprint density at radius 2 is 1.81 bits per heavy atom. The molecule has 0 fully saturated rings. The van der Waals surface area contributed by atoms with E-state index in [4.69, 9.17) is 21.1 Å². The van der Waals surface area contributed by atoms with Gasteiger partial charge in [0.05, 0.1) is 35.6 Å². The number of carbonyl (C=O) groups is 2. The number of halogens is 1. The van der Waals surface area contributed by atoms with E-state index in [0.29, 0.717) is 32.1 Å². The third kappa shape index (κ3) is 6.09. The number of hydrazone groups is 1. The first-order chi connectivity index (χ1) is 15.4. The summed E-state index contributed by atoms with van der Waals surface area (Å²) in [6.07, 6.45) is 0.136. The first kappa shape index (κ1) is 23.3. The van der Waals surface area contributed by atoms with Crippen LogP contribution >= 0.6 is 22.9 Å². The fraction of sp³-hybridized carbons (Fsp3) is 0.174. The third-order valence-electron chi connectivity index (χ3n) is 4.50. The number of nitrogens with zero attached hydrogens (tertiary/aromatic N) is 1. The topological polar surface area (TPSA) is 89.0 Å². The molecule has 0 atom stereocenters. The SMILES string of the molecule is COc1ccc(CC(=O)NN=C(C)c2cccc(NC(=O)c3ccc(Cl)s3)c2)cc1OC. The quantitative estimate of drug-likeness (QED) is 0.366. The molecule has 2 amide bonds. The van der Waals surface area contributed by atoms with Crippen LogP contribution in [0.15, 0.2) is 59.7 Å². The molecule has 3 rings (SSSR count). The molecule has 0 aliphatic carbocycles. The Labute approximate surface area is 195 Å². The maximum Gasteiger partial charge on any atom is 0.265 e. The van der Waals surface area contributed by atoms with Gasteiger partial charge in [0.15, 0.2) is 11.5 Å². The fourth-order valence-corrected chi connectivity index (χ4v) is 3.82. The summed E-state index contributed by atoms with van der Waals surface area (Å²) in [5.41, 5.74) is 5.31. The average molecular weight is 472 g/mol. The first-order valence-corrected chi connectivity index (χ1v) is 10.8. The van der Waals surface area contributed by atoms with Gasteiger partial charge in [0.1, 0.15) is 0 Å². The van der Waals surface area contributed by atoms with E-state index in [1.807, 2.05) is 6.07 Å². The van der Waals surface area contributed by atoms with E-state index in [9.17, 15) is 9.59 Å². The maximum atomic E-state index is 12.3. The number of hydrogen-bond acceptors (Lipinski definition) is 6. The lowest BCUT2D eigenvalue weighted by Crippen LogP contribution is -2.21. The van der Waals surface area contributed by atoms with Crippen LogP contribution in [0.5, 0.6) is 11.5 Å². The lowest BCUT2D eigenvalue weighted by atomic mass is 10.1. The number of rotatable bonds is 8. The minimum Gasteiger partial charge on any atom is -0.493 e. The maximum absolute atomic E-state index is 12.3. The molecule has 3 aromatic rings. The van der Waals surface area contributed by atoms with Crippen LogP contribution in [0.4, 0.5) is 5.69 Å². The van der Waals surface area contributed by atoms with Crippen molar-refractivity contribution in [2.24, 2.45) is 5.10 Å². The predicted octanol–water partition coefficient (Wildman–Crippen LogP) is 4.75. The second-order valence-electron chi connectivity index (χ2n) is 6.74. The van der Waals surface area contributed by atoms with E-state index < -0.39 is 0 Å². The smallest absolute Gasteiger partial charge is 0.265 e. The van der Waals surface area contributed by atoms with E-state index in [-0.39, 0.29) is 18.2 Å². The molecule has 7 nitrogen and oxygen atoms in total. The van der Waals surface area contributed by atoms with Crippen LogP contribution in [0.2, 0.25) is 4.34 Å². The van der Waals surface area contributed by atoms with Gasteiger partial charge in [-0.3, -0.25) is 9.59 Å². The number of thiophene rings is 1. The Bertz CT molecular complexity index is 1160. The zero-order valence-corrected chi connectivity index (χ0v) is 19.3. The highest BCUT2D eigenvalue weighted by Gasteiger charge is 2.11. The Balaban J connectivity index is 1.62. The molecular formula is C23H22ClN3O4S. The number of amides is 2. The van der Waals surface area contributed by atoms with Gasteiger partial charge in [-0.05, 0) is 54.4 Å². The van der Waals surface area contributed by atoms with E-state index >= 15 is 0 Å². The van der Waals surface area contributed by atoms with Gasteiger partial charge in [-0.1, -0.05) is 29.8 Å². The highest BCUT2D eigenvalue weighted by molar-refractivity contribution is 7.18. The second kappa shape index (κ2) is 10.8. The minimum atomic E-state index is -0.268. The largest absolute Gasteiger partial charge is 0.493 e. The molecule has 32 heavy (non-hydrogen) atoms. The summed E-state index contributed by atoms with van der Waals surface area (Å²) in [5, 5.41) is 7.01. The van der Waals surface area contributed by atoms with E-state index in [1.165, 1.54) is 11.3 Å². The van der Waals surface area contributed by atoms with Crippen molar-refractivity contribution in [1.29, 1.82) is 0 Å². The normalized spacial score (nSPS) is 11.1. The summed E-state index contributed by atoms with van der Waals surface area (Å²) in [7, 11) is 3.10. The van der Waals surface area contributed by atoms with Crippen LogP contribution in [0.1, 0.15) is 27.7 Å². The Morgan fingerprint density at radius 1 is 1.03 bits per heavy atom. The summed E-state index contributed by atoms with van der Waals surface area (Å²) in [6.45, 7) is 1.77. The van der Waals surface area contributed by atoms with Crippen LogP contribution in [0.25, 0.3) is 0 Å². The number of carbonyl (C=O) groups excluding carboxylic acids is 2. The van der Waals surface area contributed by atoms with Gasteiger partial charge in [0, 0.05) is 5.69 Å². The molecule has 1 heterocycles. The molecule has 0 aliphatic heterocycles. The van der Waals surface area contributed by atoms with Crippen molar-refractivity contribution in [2.75, 3.05) is 19.5 Å². The van der Waals surface area contributed by atoms with Crippen LogP contribution in [0.3, 0.4) is 0 Å². The van der Waals surface area contributed by atoms with Crippen LogP contribution in [-0.2, 0) is 11.2 Å². The lowest BCUT2D eigenvalue weighted by molar-refractivity contribution is -0.120. The number of ether oxygens (including phenoxy) is 2. The summed E-state index contributed by atoms with van der Waals surface area (Å²) in [6, 6.07) is 15.9. The molecule has 0 bridgehead atoms. The van der Waals surface area contributed by atoms with Crippen molar-refractivity contribution in [3.8, 4) is 11.5 Å². The average Bonchev–Trinajstić information content (AvgIpc) is 3.24. The Kier molecular flexibility index (Phi) is 7.86. The third-order valence-corrected chi connectivity index (χ3v) is 5.73. The van der Waals surface area contributed by atoms with Gasteiger partial charge < -0.3 is 14.8 Å². The summed E-state index contributed by atoms with van der Waals surface area (Å²) >= 11 is 7.10. The van der Waals surface area contributed by atoms with Crippen LogP contribution in [0, 0.1) is 0 Å². The summed E-state index contributed by atoms with van der Waals surface area (Å²) in [4.78, 5) is 25.2. The van der Waals surface area contributed by atoms with Gasteiger partial charge in [0.25, 0.3) is 5.91 Å². The van der Waals surface area contributed by atoms with Crippen molar-refractivity contribution in [1.82, 2.24) is 5.43 Å². The van der Waals surface area contributed by atoms with Crippen molar-refractivity contribution in [3.63, 3.8) is 0 Å². The Hall–Kier alpha value is -3.36. The molecular weight excluding hydrogens is 450 g/mol. The summed E-state index contributed by atoms with van der Waals surface area (Å²) < 4.78 is 11.0. The minimum absolute atomic E-state index is 0.136. The van der Waals surface area contributed by atoms with E-state index in [1.54, 1.807) is 69.7 Å². The molecule has 0 spiro atoms. The number of methoxy groups -OCH3 is 2. The van der Waals surface area contributed by atoms with Crippen molar-refractivity contribution < 1.29 is 19.1 Å². The van der Waals surface area contributed by atoms with Crippen molar-refractivity contribution >= 4 is 46.2 Å². The number of benzene rings is 2. The molecule has 0 saturated heterocycles. The second-order valence-corrected chi connectivity index (χ2v) is 8.45.